The molecule has 130 valence electrons. The first kappa shape index (κ1) is 16.6. The highest BCUT2D eigenvalue weighted by atomic mass is 16.5. The summed E-state index contributed by atoms with van der Waals surface area (Å²) in [4.78, 5) is 10.9. The van der Waals surface area contributed by atoms with E-state index in [2.05, 4.69) is 9.98 Å². The summed E-state index contributed by atoms with van der Waals surface area (Å²) in [7, 11) is 1.65. The maximum absolute atomic E-state index is 6.23. The standard InChI is InChI=1S/C17H25N5O2/c1-23-10-11-24-14-7-5-6-13(12-14)22-16(19)20-15(18)21-17(22)8-3-2-4-9-17/h5-7,12H,2-4,8-11H2,1H3,(H4,18,19,20,21). The first-order valence-electron chi connectivity index (χ1n) is 8.36. The highest BCUT2D eigenvalue weighted by Gasteiger charge is 2.42. The number of benzene rings is 1. The summed E-state index contributed by atoms with van der Waals surface area (Å²) in [5.74, 6) is 1.42. The van der Waals surface area contributed by atoms with Crippen molar-refractivity contribution in [3.63, 3.8) is 0 Å². The van der Waals surface area contributed by atoms with Crippen LogP contribution in [0.2, 0.25) is 0 Å². The zero-order valence-electron chi connectivity index (χ0n) is 14.1. The van der Waals surface area contributed by atoms with Gasteiger partial charge in [-0.05, 0) is 37.8 Å². The third-order valence-electron chi connectivity index (χ3n) is 4.48. The summed E-state index contributed by atoms with van der Waals surface area (Å²) in [6.07, 6.45) is 5.24. The van der Waals surface area contributed by atoms with E-state index in [0.717, 1.165) is 37.1 Å². The summed E-state index contributed by atoms with van der Waals surface area (Å²) in [6, 6.07) is 7.83. The van der Waals surface area contributed by atoms with Crippen LogP contribution in [0.25, 0.3) is 0 Å². The van der Waals surface area contributed by atoms with Gasteiger partial charge in [0.15, 0.2) is 0 Å². The third-order valence-corrected chi connectivity index (χ3v) is 4.48. The number of ether oxygens (including phenoxy) is 2. The molecule has 0 radical (unpaired) electrons. The molecule has 7 heteroatoms. The Hall–Kier alpha value is -2.28. The van der Waals surface area contributed by atoms with Crippen molar-refractivity contribution in [1.82, 2.24) is 0 Å². The van der Waals surface area contributed by atoms with Gasteiger partial charge in [-0.25, -0.2) is 4.99 Å². The van der Waals surface area contributed by atoms with E-state index >= 15 is 0 Å². The van der Waals surface area contributed by atoms with Crippen molar-refractivity contribution in [3.05, 3.63) is 24.3 Å². The maximum Gasteiger partial charge on any atom is 0.220 e. The second-order valence-corrected chi connectivity index (χ2v) is 6.16. The van der Waals surface area contributed by atoms with Gasteiger partial charge in [0.2, 0.25) is 11.9 Å². The van der Waals surface area contributed by atoms with Crippen LogP contribution in [0.1, 0.15) is 32.1 Å². The fraction of sp³-hybridized carbons (Fsp3) is 0.529. The highest BCUT2D eigenvalue weighted by Crippen LogP contribution is 2.40. The van der Waals surface area contributed by atoms with Crippen LogP contribution in [0, 0.1) is 0 Å². The largest absolute Gasteiger partial charge is 0.491 e. The Bertz CT molecular complexity index is 638. The normalized spacial score (nSPS) is 19.8. The molecule has 4 N–H and O–H groups in total. The van der Waals surface area contributed by atoms with Crippen molar-refractivity contribution >= 4 is 17.6 Å². The summed E-state index contributed by atoms with van der Waals surface area (Å²) < 4.78 is 10.7. The molecule has 0 saturated heterocycles. The summed E-state index contributed by atoms with van der Waals surface area (Å²) in [5.41, 5.74) is 12.6. The SMILES string of the molecule is COCCOc1cccc(N2C(N)=NC(N)=NC23CCCCC3)c1. The van der Waals surface area contributed by atoms with Crippen LogP contribution >= 0.6 is 0 Å². The van der Waals surface area contributed by atoms with Crippen molar-refractivity contribution in [1.29, 1.82) is 0 Å². The number of hydrogen-bond acceptors (Lipinski definition) is 7. The molecule has 1 aliphatic heterocycles. The van der Waals surface area contributed by atoms with Gasteiger partial charge in [0.25, 0.3) is 0 Å². The number of hydrogen-bond donors (Lipinski definition) is 2. The number of nitrogens with two attached hydrogens (primary N) is 2. The van der Waals surface area contributed by atoms with Gasteiger partial charge in [0.1, 0.15) is 18.0 Å². The molecule has 0 amide bonds. The predicted molar refractivity (Wildman–Crippen MR) is 95.4 cm³/mol. The molecule has 1 heterocycles. The Kier molecular flexibility index (Phi) is 4.89. The molecule has 0 atom stereocenters. The van der Waals surface area contributed by atoms with Crippen LogP contribution in [0.4, 0.5) is 5.69 Å². The molecule has 7 nitrogen and oxygen atoms in total. The second kappa shape index (κ2) is 7.09. The minimum Gasteiger partial charge on any atom is -0.491 e. The Morgan fingerprint density at radius 1 is 1.17 bits per heavy atom. The van der Waals surface area contributed by atoms with Gasteiger partial charge in [-0.15, -0.1) is 0 Å². The Morgan fingerprint density at radius 3 is 2.71 bits per heavy atom. The van der Waals surface area contributed by atoms with E-state index in [0.29, 0.717) is 19.2 Å². The van der Waals surface area contributed by atoms with Crippen molar-refractivity contribution < 1.29 is 9.47 Å². The number of rotatable bonds is 5. The molecule has 1 aromatic carbocycles. The van der Waals surface area contributed by atoms with Crippen molar-refractivity contribution in [2.75, 3.05) is 25.2 Å². The van der Waals surface area contributed by atoms with Crippen LogP contribution in [0.15, 0.2) is 34.3 Å². The highest BCUT2D eigenvalue weighted by molar-refractivity contribution is 6.05. The van der Waals surface area contributed by atoms with Gasteiger partial charge in [0, 0.05) is 18.9 Å². The van der Waals surface area contributed by atoms with Gasteiger partial charge >= 0.3 is 0 Å². The van der Waals surface area contributed by atoms with Gasteiger partial charge in [0.05, 0.1) is 6.61 Å². The third kappa shape index (κ3) is 3.31. The van der Waals surface area contributed by atoms with E-state index in [9.17, 15) is 0 Å². The molecule has 0 bridgehead atoms. The molecule has 24 heavy (non-hydrogen) atoms. The monoisotopic (exact) mass is 331 g/mol. The summed E-state index contributed by atoms with van der Waals surface area (Å²) in [6.45, 7) is 1.04. The topological polar surface area (TPSA) is 98.5 Å². The Morgan fingerprint density at radius 2 is 1.96 bits per heavy atom. The van der Waals surface area contributed by atoms with E-state index in [1.807, 2.05) is 29.2 Å². The van der Waals surface area contributed by atoms with Crippen molar-refractivity contribution in [2.24, 2.45) is 21.5 Å². The van der Waals surface area contributed by atoms with E-state index < -0.39 is 5.66 Å². The van der Waals surface area contributed by atoms with Crippen molar-refractivity contribution in [2.45, 2.75) is 37.8 Å². The second-order valence-electron chi connectivity index (χ2n) is 6.16. The van der Waals surface area contributed by atoms with Crippen LogP contribution in [-0.2, 0) is 4.74 Å². The lowest BCUT2D eigenvalue weighted by Crippen LogP contribution is -2.58. The zero-order chi connectivity index (χ0) is 17.0. The molecule has 1 aliphatic carbocycles. The lowest BCUT2D eigenvalue weighted by Gasteiger charge is -2.45. The molecular formula is C17H25N5O2. The molecule has 1 aromatic rings. The first-order valence-corrected chi connectivity index (χ1v) is 8.36. The summed E-state index contributed by atoms with van der Waals surface area (Å²) in [5, 5.41) is 0. The van der Waals surface area contributed by atoms with Gasteiger partial charge in [-0.1, -0.05) is 12.5 Å². The predicted octanol–water partition coefficient (Wildman–Crippen LogP) is 1.82. The summed E-state index contributed by atoms with van der Waals surface area (Å²) >= 11 is 0. The molecular weight excluding hydrogens is 306 g/mol. The number of guanidine groups is 2. The average Bonchev–Trinajstić information content (AvgIpc) is 2.55. The Balaban J connectivity index is 1.90. The van der Waals surface area contributed by atoms with E-state index in [1.165, 1.54) is 6.42 Å². The molecule has 0 aromatic heterocycles. The lowest BCUT2D eigenvalue weighted by atomic mass is 9.87. The molecule has 2 aliphatic rings. The van der Waals surface area contributed by atoms with Crippen LogP contribution in [0.3, 0.4) is 0 Å². The van der Waals surface area contributed by atoms with Gasteiger partial charge in [-0.2, -0.15) is 4.99 Å². The Labute approximate surface area is 142 Å². The minimum absolute atomic E-state index is 0.262. The fourth-order valence-corrected chi connectivity index (χ4v) is 3.45. The molecule has 0 unspecified atom stereocenters. The lowest BCUT2D eigenvalue weighted by molar-refractivity contribution is 0.146. The molecule has 3 rings (SSSR count). The molecule has 1 fully saturated rings. The maximum atomic E-state index is 6.23. The molecule has 1 spiro atoms. The number of methoxy groups -OCH3 is 1. The van der Waals surface area contributed by atoms with E-state index in [1.54, 1.807) is 7.11 Å². The van der Waals surface area contributed by atoms with Gasteiger partial charge < -0.3 is 20.9 Å². The first-order chi connectivity index (χ1) is 11.6. The molecule has 1 saturated carbocycles. The fourth-order valence-electron chi connectivity index (χ4n) is 3.45. The number of aliphatic imine (C=N–C) groups is 2. The minimum atomic E-state index is -0.431. The zero-order valence-corrected chi connectivity index (χ0v) is 14.1. The van der Waals surface area contributed by atoms with E-state index in [4.69, 9.17) is 20.9 Å². The van der Waals surface area contributed by atoms with Crippen LogP contribution < -0.4 is 21.1 Å². The average molecular weight is 331 g/mol. The number of nitrogens with zero attached hydrogens (tertiary/aromatic N) is 3. The quantitative estimate of drug-likeness (QED) is 0.802. The van der Waals surface area contributed by atoms with Crippen LogP contribution in [-0.4, -0.2) is 37.9 Å². The van der Waals surface area contributed by atoms with E-state index in [-0.39, 0.29) is 5.96 Å². The smallest absolute Gasteiger partial charge is 0.220 e. The van der Waals surface area contributed by atoms with Crippen molar-refractivity contribution in [3.8, 4) is 5.75 Å². The number of anilines is 1. The van der Waals surface area contributed by atoms with Gasteiger partial charge in [-0.3, -0.25) is 4.90 Å². The van der Waals surface area contributed by atoms with Crippen LogP contribution in [0.5, 0.6) is 5.75 Å².